The lowest BCUT2D eigenvalue weighted by atomic mass is 10.2. The van der Waals surface area contributed by atoms with Crippen LogP contribution in [-0.4, -0.2) is 39.1 Å². The van der Waals surface area contributed by atoms with Crippen LogP contribution in [0.2, 0.25) is 0 Å². The maximum atomic E-state index is 12.3. The summed E-state index contributed by atoms with van der Waals surface area (Å²) in [6.45, 7) is 7.04. The summed E-state index contributed by atoms with van der Waals surface area (Å²) < 4.78 is 7.34. The van der Waals surface area contributed by atoms with Crippen LogP contribution in [-0.2, 0) is 11.3 Å². The van der Waals surface area contributed by atoms with Gasteiger partial charge in [0.2, 0.25) is 5.91 Å². The molecule has 2 aromatic rings. The van der Waals surface area contributed by atoms with Crippen molar-refractivity contribution in [2.75, 3.05) is 7.11 Å². The Labute approximate surface area is 158 Å². The van der Waals surface area contributed by atoms with Gasteiger partial charge >= 0.3 is 0 Å². The van der Waals surface area contributed by atoms with Gasteiger partial charge in [0, 0.05) is 18.2 Å². The Morgan fingerprint density at radius 3 is 2.54 bits per heavy atom. The van der Waals surface area contributed by atoms with Gasteiger partial charge < -0.3 is 14.6 Å². The Bertz CT molecular complexity index is 753. The van der Waals surface area contributed by atoms with E-state index in [1.165, 1.54) is 11.8 Å². The quantitative estimate of drug-likeness (QED) is 0.718. The molecule has 1 fully saturated rings. The maximum absolute atomic E-state index is 12.3. The van der Waals surface area contributed by atoms with E-state index in [1.807, 2.05) is 31.2 Å². The molecule has 140 valence electrons. The molecule has 7 heteroatoms. The molecule has 0 radical (unpaired) electrons. The fourth-order valence-electron chi connectivity index (χ4n) is 2.62. The number of nitrogens with one attached hydrogen (secondary N) is 1. The first-order valence-corrected chi connectivity index (χ1v) is 9.90. The highest BCUT2D eigenvalue weighted by Crippen LogP contribution is 2.29. The van der Waals surface area contributed by atoms with Gasteiger partial charge in [0.1, 0.15) is 5.75 Å². The van der Waals surface area contributed by atoms with Crippen molar-refractivity contribution in [1.29, 1.82) is 0 Å². The molecule has 0 bridgehead atoms. The molecule has 0 aliphatic heterocycles. The van der Waals surface area contributed by atoms with E-state index in [9.17, 15) is 4.79 Å². The van der Waals surface area contributed by atoms with Crippen LogP contribution in [0.25, 0.3) is 11.4 Å². The van der Waals surface area contributed by atoms with Crippen LogP contribution in [0.15, 0.2) is 29.4 Å². The fraction of sp³-hybridized carbons (Fsp3) is 0.526. The van der Waals surface area contributed by atoms with Gasteiger partial charge in [0.15, 0.2) is 11.0 Å². The van der Waals surface area contributed by atoms with Gasteiger partial charge in [0.05, 0.1) is 12.4 Å². The first-order chi connectivity index (χ1) is 12.5. The zero-order valence-corrected chi connectivity index (χ0v) is 16.5. The number of nitrogens with zero attached hydrogens (tertiary/aromatic N) is 3. The molecule has 1 N–H and O–H groups in total. The van der Waals surface area contributed by atoms with E-state index in [0.717, 1.165) is 41.7 Å². The molecule has 1 atom stereocenters. The number of benzene rings is 1. The monoisotopic (exact) mass is 374 g/mol. The lowest BCUT2D eigenvalue weighted by Gasteiger charge is -2.15. The molecule has 6 nitrogen and oxygen atoms in total. The SMILES string of the molecule is COc1ccc(-c2nnc(S[C@@H](C)C(=O)NC3CC3)n2CC(C)C)cc1. The number of thioether (sulfide) groups is 1. The zero-order valence-electron chi connectivity index (χ0n) is 15.7. The van der Waals surface area contributed by atoms with E-state index in [0.29, 0.717) is 12.0 Å². The van der Waals surface area contributed by atoms with Gasteiger partial charge in [-0.05, 0) is 49.9 Å². The number of carbonyl (C=O) groups is 1. The van der Waals surface area contributed by atoms with Crippen LogP contribution in [0.3, 0.4) is 0 Å². The Balaban J connectivity index is 1.82. The third-order valence-corrected chi connectivity index (χ3v) is 5.27. The number of ether oxygens (including phenoxy) is 1. The first-order valence-electron chi connectivity index (χ1n) is 9.02. The Hall–Kier alpha value is -2.02. The van der Waals surface area contributed by atoms with Crippen molar-refractivity contribution in [1.82, 2.24) is 20.1 Å². The summed E-state index contributed by atoms with van der Waals surface area (Å²) in [5.41, 5.74) is 0.987. The summed E-state index contributed by atoms with van der Waals surface area (Å²) in [7, 11) is 1.65. The minimum absolute atomic E-state index is 0.0718. The molecule has 1 aromatic carbocycles. The lowest BCUT2D eigenvalue weighted by Crippen LogP contribution is -2.32. The number of aromatic nitrogens is 3. The predicted molar refractivity (Wildman–Crippen MR) is 103 cm³/mol. The lowest BCUT2D eigenvalue weighted by molar-refractivity contribution is -0.120. The van der Waals surface area contributed by atoms with Gasteiger partial charge in [-0.3, -0.25) is 4.79 Å². The number of methoxy groups -OCH3 is 1. The van der Waals surface area contributed by atoms with E-state index in [4.69, 9.17) is 4.74 Å². The molecule has 3 rings (SSSR count). The smallest absolute Gasteiger partial charge is 0.233 e. The summed E-state index contributed by atoms with van der Waals surface area (Å²) >= 11 is 1.47. The van der Waals surface area contributed by atoms with Crippen LogP contribution in [0.1, 0.15) is 33.6 Å². The van der Waals surface area contributed by atoms with Gasteiger partial charge in [-0.25, -0.2) is 0 Å². The largest absolute Gasteiger partial charge is 0.497 e. The number of carbonyl (C=O) groups excluding carboxylic acids is 1. The topological polar surface area (TPSA) is 69.0 Å². The molecule has 1 aromatic heterocycles. The fourth-order valence-corrected chi connectivity index (χ4v) is 3.48. The molecular weight excluding hydrogens is 348 g/mol. The second-order valence-electron chi connectivity index (χ2n) is 7.08. The van der Waals surface area contributed by atoms with Crippen molar-refractivity contribution >= 4 is 17.7 Å². The van der Waals surface area contributed by atoms with E-state index in [2.05, 4.69) is 33.9 Å². The van der Waals surface area contributed by atoms with Crippen LogP contribution in [0.5, 0.6) is 5.75 Å². The molecule has 26 heavy (non-hydrogen) atoms. The summed E-state index contributed by atoms with van der Waals surface area (Å²) in [6, 6.07) is 8.17. The van der Waals surface area contributed by atoms with Crippen LogP contribution < -0.4 is 10.1 Å². The molecule has 1 aliphatic rings. The number of hydrogen-bond acceptors (Lipinski definition) is 5. The van der Waals surface area contributed by atoms with E-state index in [1.54, 1.807) is 7.11 Å². The maximum Gasteiger partial charge on any atom is 0.233 e. The highest BCUT2D eigenvalue weighted by atomic mass is 32.2. The van der Waals surface area contributed by atoms with Gasteiger partial charge in [0.25, 0.3) is 0 Å². The molecule has 0 saturated heterocycles. The summed E-state index contributed by atoms with van der Waals surface area (Å²) in [5.74, 6) is 2.14. The molecule has 1 aliphatic carbocycles. The third-order valence-electron chi connectivity index (χ3n) is 4.19. The van der Waals surface area contributed by atoms with Crippen molar-refractivity contribution in [2.45, 2.75) is 56.6 Å². The second kappa shape index (κ2) is 8.12. The molecule has 1 amide bonds. The van der Waals surface area contributed by atoms with Crippen LogP contribution in [0, 0.1) is 5.92 Å². The molecule has 0 spiro atoms. The summed E-state index contributed by atoms with van der Waals surface area (Å²) in [4.78, 5) is 12.3. The Kier molecular flexibility index (Phi) is 5.86. The average molecular weight is 375 g/mol. The average Bonchev–Trinajstić information content (AvgIpc) is 3.36. The van der Waals surface area contributed by atoms with E-state index >= 15 is 0 Å². The molecule has 1 saturated carbocycles. The summed E-state index contributed by atoms with van der Waals surface area (Å²) in [5, 5.41) is 12.4. The Morgan fingerprint density at radius 1 is 1.27 bits per heavy atom. The predicted octanol–water partition coefficient (Wildman–Crippen LogP) is 3.37. The first kappa shape index (κ1) is 18.8. The third kappa shape index (κ3) is 4.58. The van der Waals surface area contributed by atoms with E-state index in [-0.39, 0.29) is 11.2 Å². The van der Waals surface area contributed by atoms with E-state index < -0.39 is 0 Å². The standard InChI is InChI=1S/C19H26N4O2S/c1-12(2)11-23-17(14-5-9-16(25-4)10-6-14)21-22-19(23)26-13(3)18(24)20-15-7-8-15/h5-6,9-10,12-13,15H,7-8,11H2,1-4H3,(H,20,24)/t13-/m0/s1. The molecule has 1 heterocycles. The highest BCUT2D eigenvalue weighted by molar-refractivity contribution is 8.00. The van der Waals surface area contributed by atoms with Crippen LogP contribution >= 0.6 is 11.8 Å². The molecule has 0 unspecified atom stereocenters. The Morgan fingerprint density at radius 2 is 1.96 bits per heavy atom. The van der Waals surface area contributed by atoms with Gasteiger partial charge in [-0.2, -0.15) is 0 Å². The zero-order chi connectivity index (χ0) is 18.7. The van der Waals surface area contributed by atoms with Crippen LogP contribution in [0.4, 0.5) is 0 Å². The van der Waals surface area contributed by atoms with Crippen molar-refractivity contribution in [3.8, 4) is 17.1 Å². The minimum Gasteiger partial charge on any atom is -0.497 e. The van der Waals surface area contributed by atoms with Crippen molar-refractivity contribution in [3.05, 3.63) is 24.3 Å². The molecular formula is C19H26N4O2S. The highest BCUT2D eigenvalue weighted by Gasteiger charge is 2.27. The van der Waals surface area contributed by atoms with Crippen molar-refractivity contribution in [2.24, 2.45) is 5.92 Å². The second-order valence-corrected chi connectivity index (χ2v) is 8.39. The normalized spacial score (nSPS) is 15.1. The minimum atomic E-state index is -0.200. The number of hydrogen-bond donors (Lipinski definition) is 1. The van der Waals surface area contributed by atoms with Gasteiger partial charge in [-0.1, -0.05) is 25.6 Å². The number of amides is 1. The van der Waals surface area contributed by atoms with Gasteiger partial charge in [-0.15, -0.1) is 10.2 Å². The number of rotatable bonds is 8. The summed E-state index contributed by atoms with van der Waals surface area (Å²) in [6.07, 6.45) is 2.18. The van der Waals surface area contributed by atoms with Crippen molar-refractivity contribution in [3.63, 3.8) is 0 Å². The van der Waals surface area contributed by atoms with Crippen molar-refractivity contribution < 1.29 is 9.53 Å².